The predicted octanol–water partition coefficient (Wildman–Crippen LogP) is 3.85. The number of hydrogen-bond acceptors (Lipinski definition) is 7. The van der Waals surface area contributed by atoms with Crippen LogP contribution < -0.4 is 0 Å². The van der Waals surface area contributed by atoms with Crippen LogP contribution in [0.3, 0.4) is 0 Å². The van der Waals surface area contributed by atoms with Gasteiger partial charge in [0.05, 0.1) is 16.2 Å². The molecule has 11 heteroatoms. The molecule has 2 heterocycles. The molecule has 0 spiro atoms. The van der Waals surface area contributed by atoms with Crippen molar-refractivity contribution < 1.29 is 28.3 Å². The summed E-state index contributed by atoms with van der Waals surface area (Å²) in [6.07, 6.45) is -2.50. The van der Waals surface area contributed by atoms with E-state index in [2.05, 4.69) is 15.0 Å². The maximum atomic E-state index is 13.4. The normalized spacial score (nSPS) is 11.4. The van der Waals surface area contributed by atoms with Crippen LogP contribution in [0, 0.1) is 17.0 Å². The molecular weight excluding hydrogens is 381 g/mol. The average Bonchev–Trinajstić information content (AvgIpc) is 2.63. The number of halogens is 3. The van der Waals surface area contributed by atoms with Gasteiger partial charge in [-0.2, -0.15) is 13.2 Å². The van der Waals surface area contributed by atoms with Crippen LogP contribution in [0.25, 0.3) is 22.6 Å². The summed E-state index contributed by atoms with van der Waals surface area (Å²) in [7, 11) is 0. The maximum Gasteiger partial charge on any atom is 0.417 e. The van der Waals surface area contributed by atoms with Gasteiger partial charge in [0.25, 0.3) is 0 Å². The van der Waals surface area contributed by atoms with E-state index in [1.165, 1.54) is 19.2 Å². The summed E-state index contributed by atoms with van der Waals surface area (Å²) in [5.74, 6) is -1.99. The second-order valence-corrected chi connectivity index (χ2v) is 5.75. The lowest BCUT2D eigenvalue weighted by Crippen LogP contribution is -2.09. The van der Waals surface area contributed by atoms with E-state index in [4.69, 9.17) is 0 Å². The molecule has 0 aliphatic rings. The molecule has 28 heavy (non-hydrogen) atoms. The molecule has 3 rings (SSSR count). The van der Waals surface area contributed by atoms with Crippen LogP contribution in [0.1, 0.15) is 11.3 Å². The van der Waals surface area contributed by atoms with Crippen molar-refractivity contribution in [3.05, 3.63) is 58.0 Å². The molecule has 0 saturated carbocycles. The summed E-state index contributed by atoms with van der Waals surface area (Å²) < 4.78 is 40.1. The molecule has 1 aromatic carbocycles. The third kappa shape index (κ3) is 3.54. The number of aromatic hydroxyl groups is 2. The number of hydrogen-bond donors (Lipinski definition) is 2. The van der Waals surface area contributed by atoms with Gasteiger partial charge in [0.1, 0.15) is 0 Å². The van der Waals surface area contributed by atoms with E-state index in [-0.39, 0.29) is 28.3 Å². The van der Waals surface area contributed by atoms with Crippen molar-refractivity contribution in [2.75, 3.05) is 0 Å². The van der Waals surface area contributed by atoms with Gasteiger partial charge >= 0.3 is 11.9 Å². The minimum absolute atomic E-state index is 0.0112. The SMILES string of the molecule is Cc1cc(C(F)(F)F)c(-c2nccc(-c3cc(O)c(O)c([N+](=O)[O-])c3)n2)cn1. The number of alkyl halides is 3. The number of aromatic nitrogens is 3. The van der Waals surface area contributed by atoms with Crippen LogP contribution in [-0.2, 0) is 6.18 Å². The molecule has 3 aromatic rings. The number of nitro groups is 1. The largest absolute Gasteiger partial charge is 0.504 e. The molecule has 0 atom stereocenters. The molecule has 8 nitrogen and oxygen atoms in total. The van der Waals surface area contributed by atoms with E-state index in [1.54, 1.807) is 0 Å². The summed E-state index contributed by atoms with van der Waals surface area (Å²) in [5, 5.41) is 30.3. The van der Waals surface area contributed by atoms with Gasteiger partial charge < -0.3 is 10.2 Å². The number of nitro benzene ring substituents is 1. The average molecular weight is 392 g/mol. The number of pyridine rings is 1. The Kier molecular flexibility index (Phi) is 4.59. The second-order valence-electron chi connectivity index (χ2n) is 5.75. The van der Waals surface area contributed by atoms with Crippen LogP contribution in [0.15, 0.2) is 36.7 Å². The number of phenolic OH excluding ortho intramolecular Hbond substituents is 2. The van der Waals surface area contributed by atoms with Crippen molar-refractivity contribution in [1.29, 1.82) is 0 Å². The van der Waals surface area contributed by atoms with E-state index in [9.17, 15) is 33.5 Å². The number of phenols is 2. The van der Waals surface area contributed by atoms with Crippen LogP contribution in [0.5, 0.6) is 11.5 Å². The van der Waals surface area contributed by atoms with Gasteiger partial charge in [0.15, 0.2) is 11.6 Å². The predicted molar refractivity (Wildman–Crippen MR) is 90.4 cm³/mol. The molecule has 144 valence electrons. The molecule has 0 aliphatic carbocycles. The highest BCUT2D eigenvalue weighted by Gasteiger charge is 2.35. The fraction of sp³-hybridized carbons (Fsp3) is 0.118. The highest BCUT2D eigenvalue weighted by atomic mass is 19.4. The zero-order valence-corrected chi connectivity index (χ0v) is 14.1. The Hall–Kier alpha value is -3.76. The van der Waals surface area contributed by atoms with Gasteiger partial charge in [-0.1, -0.05) is 0 Å². The van der Waals surface area contributed by atoms with Gasteiger partial charge in [0, 0.05) is 35.3 Å². The smallest absolute Gasteiger partial charge is 0.417 e. The fourth-order valence-corrected chi connectivity index (χ4v) is 2.51. The highest BCUT2D eigenvalue weighted by molar-refractivity contribution is 5.71. The van der Waals surface area contributed by atoms with Gasteiger partial charge in [-0.3, -0.25) is 15.1 Å². The van der Waals surface area contributed by atoms with Gasteiger partial charge in [-0.25, -0.2) is 9.97 Å². The summed E-state index contributed by atoms with van der Waals surface area (Å²) >= 11 is 0. The zero-order valence-electron chi connectivity index (χ0n) is 14.1. The number of nitrogens with zero attached hydrogens (tertiary/aromatic N) is 4. The Morgan fingerprint density at radius 2 is 1.86 bits per heavy atom. The Balaban J connectivity index is 2.17. The van der Waals surface area contributed by atoms with Crippen LogP contribution in [-0.4, -0.2) is 30.1 Å². The molecule has 0 saturated heterocycles. The molecule has 0 bridgehead atoms. The first-order valence-corrected chi connectivity index (χ1v) is 7.66. The third-order valence-corrected chi connectivity index (χ3v) is 3.80. The molecule has 2 aromatic heterocycles. The van der Waals surface area contributed by atoms with E-state index in [0.29, 0.717) is 0 Å². The van der Waals surface area contributed by atoms with E-state index >= 15 is 0 Å². The zero-order chi connectivity index (χ0) is 20.6. The third-order valence-electron chi connectivity index (χ3n) is 3.80. The van der Waals surface area contributed by atoms with Crippen molar-refractivity contribution in [2.24, 2.45) is 0 Å². The number of rotatable bonds is 3. The van der Waals surface area contributed by atoms with Gasteiger partial charge in [-0.15, -0.1) is 0 Å². The lowest BCUT2D eigenvalue weighted by molar-refractivity contribution is -0.385. The maximum absolute atomic E-state index is 13.4. The summed E-state index contributed by atoms with van der Waals surface area (Å²) in [6.45, 7) is 1.41. The fourth-order valence-electron chi connectivity index (χ4n) is 2.51. The quantitative estimate of drug-likeness (QED) is 0.394. The number of benzene rings is 1. The molecular formula is C17H11F3N4O4. The minimum atomic E-state index is -4.67. The first-order chi connectivity index (χ1) is 13.1. The van der Waals surface area contributed by atoms with E-state index < -0.39 is 33.8 Å². The van der Waals surface area contributed by atoms with Crippen molar-refractivity contribution in [3.8, 4) is 34.1 Å². The first kappa shape index (κ1) is 19.0. The van der Waals surface area contributed by atoms with Gasteiger partial charge in [0.2, 0.25) is 5.75 Å². The number of aryl methyl sites for hydroxylation is 1. The highest BCUT2D eigenvalue weighted by Crippen LogP contribution is 2.40. The first-order valence-electron chi connectivity index (χ1n) is 7.66. The van der Waals surface area contributed by atoms with E-state index in [0.717, 1.165) is 24.4 Å². The molecule has 2 N–H and O–H groups in total. The lowest BCUT2D eigenvalue weighted by Gasteiger charge is -2.13. The second kappa shape index (κ2) is 6.76. The molecule has 0 amide bonds. The minimum Gasteiger partial charge on any atom is -0.504 e. The van der Waals surface area contributed by atoms with Crippen LogP contribution in [0.2, 0.25) is 0 Å². The van der Waals surface area contributed by atoms with Crippen molar-refractivity contribution in [1.82, 2.24) is 15.0 Å². The lowest BCUT2D eigenvalue weighted by atomic mass is 10.1. The summed E-state index contributed by atoms with van der Waals surface area (Å²) in [6, 6.07) is 4.11. The molecule has 0 aliphatic heterocycles. The van der Waals surface area contributed by atoms with Crippen molar-refractivity contribution in [2.45, 2.75) is 13.1 Å². The Morgan fingerprint density at radius 3 is 2.50 bits per heavy atom. The van der Waals surface area contributed by atoms with Crippen LogP contribution >= 0.6 is 0 Å². The molecule has 0 radical (unpaired) electrons. The topological polar surface area (TPSA) is 122 Å². The molecule has 0 unspecified atom stereocenters. The van der Waals surface area contributed by atoms with Gasteiger partial charge in [-0.05, 0) is 25.1 Å². The van der Waals surface area contributed by atoms with E-state index in [1.807, 2.05) is 0 Å². The summed E-state index contributed by atoms with van der Waals surface area (Å²) in [5.41, 5.74) is -1.93. The van der Waals surface area contributed by atoms with Crippen LogP contribution in [0.4, 0.5) is 18.9 Å². The standard InChI is InChI=1S/C17H11F3N4O4/c1-8-4-11(17(18,19)20)10(7-22-8)16-21-3-2-12(23-16)9-5-13(24(27)28)15(26)14(25)6-9/h2-7,25-26H,1H3. The monoisotopic (exact) mass is 392 g/mol. The summed E-state index contributed by atoms with van der Waals surface area (Å²) in [4.78, 5) is 21.8. The Labute approximate surface area is 155 Å². The Bertz CT molecular complexity index is 1090. The van der Waals surface area contributed by atoms with Crippen molar-refractivity contribution >= 4 is 5.69 Å². The Morgan fingerprint density at radius 1 is 1.14 bits per heavy atom. The molecule has 0 fully saturated rings. The van der Waals surface area contributed by atoms with Crippen molar-refractivity contribution in [3.63, 3.8) is 0 Å².